The van der Waals surface area contributed by atoms with Gasteiger partial charge in [-0.3, -0.25) is 0 Å². The number of fused-ring (bicyclic) bond motifs is 2. The van der Waals surface area contributed by atoms with Gasteiger partial charge in [0.2, 0.25) is 11.9 Å². The molecule has 3 rings (SSSR count). The van der Waals surface area contributed by atoms with Crippen molar-refractivity contribution in [2.24, 2.45) is 15.0 Å². The van der Waals surface area contributed by atoms with Crippen molar-refractivity contribution in [1.29, 1.82) is 0 Å². The first-order chi connectivity index (χ1) is 17.8. The number of anilines is 1. The lowest BCUT2D eigenvalue weighted by molar-refractivity contribution is -0.118. The van der Waals surface area contributed by atoms with Gasteiger partial charge < -0.3 is 24.8 Å². The summed E-state index contributed by atoms with van der Waals surface area (Å²) in [6.45, 7) is 2.87. The van der Waals surface area contributed by atoms with Crippen LogP contribution in [-0.2, 0) is 9.47 Å². The molecule has 0 unspecified atom stereocenters. The molecule has 1 heterocycles. The van der Waals surface area contributed by atoms with Crippen molar-refractivity contribution < 1.29 is 32.2 Å². The molecule has 0 saturated heterocycles. The molecule has 1 aliphatic rings. The molecule has 1 atom stereocenters. The molecule has 12 heteroatoms. The predicted molar refractivity (Wildman–Crippen MR) is 135 cm³/mol. The fraction of sp³-hybridized carbons (Fsp3) is 0.360. The molecule has 2 aromatic carbocycles. The molecular formula is C25H28F3N5O4. The Bertz CT molecular complexity index is 1120. The number of nitrogens with zero attached hydrogens (tertiary/aromatic N) is 3. The summed E-state index contributed by atoms with van der Waals surface area (Å²) in [7, 11) is 1.26. The van der Waals surface area contributed by atoms with E-state index in [4.69, 9.17) is 14.2 Å². The third kappa shape index (κ3) is 8.90. The minimum atomic E-state index is -4.54. The maximum Gasteiger partial charge on any atom is 0.408 e. The van der Waals surface area contributed by atoms with E-state index in [2.05, 4.69) is 32.3 Å². The largest absolute Gasteiger partial charge is 0.493 e. The second-order valence-corrected chi connectivity index (χ2v) is 7.91. The number of hydrogen-bond acceptors (Lipinski definition) is 7. The second kappa shape index (κ2) is 13.4. The molecule has 0 aromatic heterocycles. The third-order valence-electron chi connectivity index (χ3n) is 5.14. The Labute approximate surface area is 212 Å². The van der Waals surface area contributed by atoms with Crippen molar-refractivity contribution in [3.05, 3.63) is 59.7 Å². The molecular weight excluding hydrogens is 491 g/mol. The zero-order valence-corrected chi connectivity index (χ0v) is 20.3. The van der Waals surface area contributed by atoms with Gasteiger partial charge in [0.05, 0.1) is 26.4 Å². The maximum absolute atomic E-state index is 13.0. The average Bonchev–Trinajstić information content (AvgIpc) is 2.89. The molecule has 0 radical (unpaired) electrons. The van der Waals surface area contributed by atoms with E-state index in [-0.39, 0.29) is 29.8 Å². The van der Waals surface area contributed by atoms with Gasteiger partial charge >= 0.3 is 12.1 Å². The fourth-order valence-electron chi connectivity index (χ4n) is 3.36. The molecule has 2 bridgehead atoms. The van der Waals surface area contributed by atoms with Crippen LogP contribution in [0.3, 0.4) is 0 Å². The molecule has 0 saturated carbocycles. The van der Waals surface area contributed by atoms with Gasteiger partial charge in [-0.2, -0.15) is 18.2 Å². The highest BCUT2D eigenvalue weighted by atomic mass is 19.4. The van der Waals surface area contributed by atoms with Crippen molar-refractivity contribution in [1.82, 2.24) is 5.32 Å². The molecule has 9 nitrogen and oxygen atoms in total. The van der Waals surface area contributed by atoms with Crippen LogP contribution in [0.25, 0.3) is 0 Å². The Kier molecular flexibility index (Phi) is 10.0. The highest BCUT2D eigenvalue weighted by Gasteiger charge is 2.27. The number of esters is 1. The van der Waals surface area contributed by atoms with Crippen LogP contribution in [-0.4, -0.2) is 64.3 Å². The van der Waals surface area contributed by atoms with Gasteiger partial charge in [0, 0.05) is 18.4 Å². The van der Waals surface area contributed by atoms with Gasteiger partial charge in [-0.25, -0.2) is 14.8 Å². The van der Waals surface area contributed by atoms with Crippen LogP contribution in [0, 0.1) is 0 Å². The van der Waals surface area contributed by atoms with Gasteiger partial charge in [-0.15, -0.1) is 0 Å². The maximum atomic E-state index is 13.0. The summed E-state index contributed by atoms with van der Waals surface area (Å²) in [6.07, 6.45) is -3.24. The lowest BCUT2D eigenvalue weighted by Gasteiger charge is -2.21. The number of hydrogen-bond donors (Lipinski definition) is 2. The molecule has 198 valence electrons. The summed E-state index contributed by atoms with van der Waals surface area (Å²) in [5.41, 5.74) is 1.42. The molecule has 2 N–H and O–H groups in total. The van der Waals surface area contributed by atoms with Crippen molar-refractivity contribution in [2.75, 3.05) is 38.8 Å². The number of methoxy groups -OCH3 is 1. The van der Waals surface area contributed by atoms with Crippen molar-refractivity contribution in [3.8, 4) is 5.75 Å². The number of carbonyl (C=O) groups is 1. The Hall–Kier alpha value is -3.93. The molecule has 0 aliphatic carbocycles. The standard InChI is InChI=1S/C25H28F3N5O4/c1-29-23-31-18-10-11-19(22(34)35-2)21(14-18)37-13-7-6-12-36-15-20(17-8-4-3-5-9-17)32-24(33-23)30-16-25(26,27)28/h3-5,8-11,14,20H,1,6-7,12-13,15-16H2,2H3,(H2,30,31,32,33)/t20-/m1/s1. The first kappa shape index (κ1) is 27.7. The number of halogens is 3. The van der Waals surface area contributed by atoms with Crippen LogP contribution in [0.2, 0.25) is 0 Å². The fourth-order valence-corrected chi connectivity index (χ4v) is 3.36. The number of alkyl halides is 3. The third-order valence-corrected chi connectivity index (χ3v) is 5.14. The Morgan fingerprint density at radius 3 is 2.65 bits per heavy atom. The Morgan fingerprint density at radius 1 is 1.19 bits per heavy atom. The molecule has 0 amide bonds. The van der Waals surface area contributed by atoms with E-state index in [9.17, 15) is 18.0 Å². The zero-order valence-electron chi connectivity index (χ0n) is 20.3. The minimum absolute atomic E-state index is 0.120. The van der Waals surface area contributed by atoms with Gasteiger partial charge in [0.1, 0.15) is 17.9 Å². The average molecular weight is 520 g/mol. The Balaban J connectivity index is 2.00. The number of aliphatic imine (C=N–C) groups is 3. The predicted octanol–water partition coefficient (Wildman–Crippen LogP) is 4.38. The van der Waals surface area contributed by atoms with E-state index >= 15 is 0 Å². The van der Waals surface area contributed by atoms with Crippen LogP contribution in [0.1, 0.15) is 34.8 Å². The van der Waals surface area contributed by atoms with Crippen LogP contribution in [0.15, 0.2) is 63.5 Å². The van der Waals surface area contributed by atoms with Crippen LogP contribution >= 0.6 is 0 Å². The highest BCUT2D eigenvalue weighted by molar-refractivity contribution is 6.04. The molecule has 37 heavy (non-hydrogen) atoms. The first-order valence-electron chi connectivity index (χ1n) is 11.5. The van der Waals surface area contributed by atoms with Crippen LogP contribution in [0.5, 0.6) is 5.75 Å². The van der Waals surface area contributed by atoms with Crippen LogP contribution < -0.4 is 15.4 Å². The van der Waals surface area contributed by atoms with E-state index in [0.29, 0.717) is 31.7 Å². The lowest BCUT2D eigenvalue weighted by Crippen LogP contribution is -2.33. The molecule has 0 spiro atoms. The van der Waals surface area contributed by atoms with Gasteiger partial charge in [0.15, 0.2) is 0 Å². The molecule has 1 aliphatic heterocycles. The van der Waals surface area contributed by atoms with E-state index in [1.54, 1.807) is 12.1 Å². The minimum Gasteiger partial charge on any atom is -0.493 e. The zero-order chi connectivity index (χ0) is 26.7. The number of guanidine groups is 2. The number of carbonyl (C=O) groups excluding carboxylic acids is 1. The lowest BCUT2D eigenvalue weighted by atomic mass is 10.1. The Morgan fingerprint density at radius 2 is 1.95 bits per heavy atom. The normalized spacial score (nSPS) is 19.9. The van der Waals surface area contributed by atoms with Crippen molar-refractivity contribution in [2.45, 2.75) is 25.1 Å². The molecule has 2 aromatic rings. The summed E-state index contributed by atoms with van der Waals surface area (Å²) in [5, 5.41) is 5.82. The monoisotopic (exact) mass is 519 g/mol. The van der Waals surface area contributed by atoms with Crippen LogP contribution in [0.4, 0.5) is 18.9 Å². The quantitative estimate of drug-likeness (QED) is 0.461. The van der Waals surface area contributed by atoms with Gasteiger partial charge in [0.25, 0.3) is 0 Å². The van der Waals surface area contributed by atoms with Gasteiger partial charge in [-0.05, 0) is 37.3 Å². The SMILES string of the molecule is C=N/C1=N\C(=NCC(F)(F)F)N[C@@H](c2ccccc2)COCCCCOc2cc(ccc2C(=O)OC)N1. The summed E-state index contributed by atoms with van der Waals surface area (Å²) in [5.74, 6) is -0.737. The smallest absolute Gasteiger partial charge is 0.408 e. The van der Waals surface area contributed by atoms with Crippen molar-refractivity contribution in [3.63, 3.8) is 0 Å². The van der Waals surface area contributed by atoms with E-state index in [0.717, 1.165) is 5.56 Å². The summed E-state index contributed by atoms with van der Waals surface area (Å²) in [4.78, 5) is 23.7. The second-order valence-electron chi connectivity index (χ2n) is 7.91. The van der Waals surface area contributed by atoms with E-state index < -0.39 is 24.7 Å². The topological polar surface area (TPSA) is 106 Å². The number of nitrogens with one attached hydrogen (secondary N) is 2. The number of benzene rings is 2. The first-order valence-corrected chi connectivity index (χ1v) is 11.5. The number of rotatable bonds is 3. The van der Waals surface area contributed by atoms with Crippen molar-refractivity contribution >= 4 is 30.3 Å². The highest BCUT2D eigenvalue weighted by Crippen LogP contribution is 2.25. The van der Waals surface area contributed by atoms with E-state index in [1.165, 1.54) is 13.2 Å². The molecule has 0 fully saturated rings. The summed E-state index contributed by atoms with van der Waals surface area (Å²) >= 11 is 0. The summed E-state index contributed by atoms with van der Waals surface area (Å²) < 4.78 is 55.4. The number of ether oxygens (including phenoxy) is 3. The van der Waals surface area contributed by atoms with Gasteiger partial charge in [-0.1, -0.05) is 30.3 Å². The van der Waals surface area contributed by atoms with E-state index in [1.807, 2.05) is 30.3 Å². The summed E-state index contributed by atoms with van der Waals surface area (Å²) in [6, 6.07) is 13.2.